The van der Waals surface area contributed by atoms with Crippen LogP contribution in [0.4, 0.5) is 0 Å². The first-order chi connectivity index (χ1) is 6.19. The molecular weight excluding hydrogens is 188 g/mol. The molecule has 0 aliphatic carbocycles. The highest BCUT2D eigenvalue weighted by molar-refractivity contribution is 6.29. The van der Waals surface area contributed by atoms with E-state index in [9.17, 15) is 4.79 Å². The lowest BCUT2D eigenvalue weighted by Crippen LogP contribution is -2.21. The van der Waals surface area contributed by atoms with Crippen LogP contribution in [-0.4, -0.2) is 17.9 Å². The van der Waals surface area contributed by atoms with Crippen molar-refractivity contribution < 1.29 is 4.79 Å². The van der Waals surface area contributed by atoms with Crippen LogP contribution in [0, 0.1) is 0 Å². The monoisotopic (exact) mass is 198 g/mol. The van der Waals surface area contributed by atoms with Crippen LogP contribution in [0.3, 0.4) is 0 Å². The summed E-state index contributed by atoms with van der Waals surface area (Å²) in [6.07, 6.45) is 0.771. The van der Waals surface area contributed by atoms with Gasteiger partial charge in [0.15, 0.2) is 0 Å². The summed E-state index contributed by atoms with van der Waals surface area (Å²) in [5, 5.41) is 2.87. The third-order valence-electron chi connectivity index (χ3n) is 1.77. The Morgan fingerprint density at radius 1 is 1.62 bits per heavy atom. The molecule has 0 saturated carbocycles. The van der Waals surface area contributed by atoms with Gasteiger partial charge in [0, 0.05) is 7.05 Å². The van der Waals surface area contributed by atoms with Gasteiger partial charge in [0.25, 0.3) is 5.91 Å². The lowest BCUT2D eigenvalue weighted by Gasteiger charge is -2.04. The van der Waals surface area contributed by atoms with Gasteiger partial charge in [0.2, 0.25) is 0 Å². The molecular formula is C9H11ClN2O. The number of nitrogens with zero attached hydrogens (tertiary/aromatic N) is 1. The maximum absolute atomic E-state index is 11.3. The topological polar surface area (TPSA) is 42.0 Å². The van der Waals surface area contributed by atoms with Crippen molar-refractivity contribution in [2.75, 3.05) is 7.05 Å². The average molecular weight is 199 g/mol. The summed E-state index contributed by atoms with van der Waals surface area (Å²) < 4.78 is 0. The van der Waals surface area contributed by atoms with Gasteiger partial charge in [0.05, 0.1) is 0 Å². The molecule has 0 aliphatic rings. The van der Waals surface area contributed by atoms with Gasteiger partial charge < -0.3 is 5.32 Å². The van der Waals surface area contributed by atoms with Crippen LogP contribution >= 0.6 is 11.6 Å². The predicted octanol–water partition coefficient (Wildman–Crippen LogP) is 1.66. The first-order valence-corrected chi connectivity index (χ1v) is 4.44. The quantitative estimate of drug-likeness (QED) is 0.735. The Hall–Kier alpha value is -1.09. The summed E-state index contributed by atoms with van der Waals surface area (Å²) in [5.74, 6) is -0.195. The highest BCUT2D eigenvalue weighted by Crippen LogP contribution is 2.11. The number of amides is 1. The van der Waals surface area contributed by atoms with E-state index in [0.717, 1.165) is 12.0 Å². The fraction of sp³-hybridized carbons (Fsp3) is 0.333. The zero-order valence-corrected chi connectivity index (χ0v) is 8.35. The molecule has 70 valence electrons. The van der Waals surface area contributed by atoms with E-state index in [1.165, 1.54) is 0 Å². The standard InChI is InChI=1S/C9H11ClN2O/c1-3-6-4-5-7(10)12-8(6)9(13)11-2/h4-5H,3H2,1-2H3,(H,11,13). The molecule has 0 unspecified atom stereocenters. The van der Waals surface area contributed by atoms with Gasteiger partial charge in [0.1, 0.15) is 10.8 Å². The number of aromatic nitrogens is 1. The van der Waals surface area contributed by atoms with Gasteiger partial charge in [-0.3, -0.25) is 4.79 Å². The van der Waals surface area contributed by atoms with Gasteiger partial charge in [-0.15, -0.1) is 0 Å². The van der Waals surface area contributed by atoms with Crippen molar-refractivity contribution >= 4 is 17.5 Å². The highest BCUT2D eigenvalue weighted by Gasteiger charge is 2.10. The van der Waals surface area contributed by atoms with Crippen LogP contribution < -0.4 is 5.32 Å². The second-order valence-corrected chi connectivity index (χ2v) is 2.96. The molecule has 4 heteroatoms. The van der Waals surface area contributed by atoms with Gasteiger partial charge in [-0.05, 0) is 18.1 Å². The molecule has 1 N–H and O–H groups in total. The van der Waals surface area contributed by atoms with E-state index in [-0.39, 0.29) is 5.91 Å². The molecule has 1 rings (SSSR count). The number of rotatable bonds is 2. The number of hydrogen-bond acceptors (Lipinski definition) is 2. The van der Waals surface area contributed by atoms with Gasteiger partial charge in [-0.1, -0.05) is 24.6 Å². The minimum atomic E-state index is -0.195. The molecule has 1 aromatic heterocycles. The number of aryl methyl sites for hydroxylation is 1. The van der Waals surface area contributed by atoms with Crippen LogP contribution in [0.2, 0.25) is 5.15 Å². The predicted molar refractivity (Wildman–Crippen MR) is 52.0 cm³/mol. The van der Waals surface area contributed by atoms with Crippen molar-refractivity contribution in [3.05, 3.63) is 28.5 Å². The molecule has 1 aromatic rings. The zero-order valence-electron chi connectivity index (χ0n) is 7.60. The summed E-state index contributed by atoms with van der Waals surface area (Å²) in [4.78, 5) is 15.3. The van der Waals surface area contributed by atoms with Crippen molar-refractivity contribution in [3.63, 3.8) is 0 Å². The minimum Gasteiger partial charge on any atom is -0.354 e. The van der Waals surface area contributed by atoms with E-state index in [1.807, 2.05) is 13.0 Å². The number of carbonyl (C=O) groups is 1. The molecule has 0 aliphatic heterocycles. The maximum Gasteiger partial charge on any atom is 0.269 e. The smallest absolute Gasteiger partial charge is 0.269 e. The van der Waals surface area contributed by atoms with Crippen molar-refractivity contribution in [1.29, 1.82) is 0 Å². The lowest BCUT2D eigenvalue weighted by molar-refractivity contribution is 0.0957. The lowest BCUT2D eigenvalue weighted by atomic mass is 10.1. The van der Waals surface area contributed by atoms with Gasteiger partial charge in [-0.25, -0.2) is 4.98 Å². The van der Waals surface area contributed by atoms with E-state index < -0.39 is 0 Å². The average Bonchev–Trinajstić information content (AvgIpc) is 2.16. The van der Waals surface area contributed by atoms with E-state index in [0.29, 0.717) is 10.8 Å². The first kappa shape index (κ1) is 9.99. The second-order valence-electron chi connectivity index (χ2n) is 2.57. The summed E-state index contributed by atoms with van der Waals surface area (Å²) in [7, 11) is 1.57. The van der Waals surface area contributed by atoms with Gasteiger partial charge in [-0.2, -0.15) is 0 Å². The van der Waals surface area contributed by atoms with E-state index in [1.54, 1.807) is 13.1 Å². The zero-order chi connectivity index (χ0) is 9.84. The molecule has 0 saturated heterocycles. The Morgan fingerprint density at radius 3 is 2.85 bits per heavy atom. The first-order valence-electron chi connectivity index (χ1n) is 4.06. The highest BCUT2D eigenvalue weighted by atomic mass is 35.5. The molecule has 0 aromatic carbocycles. The van der Waals surface area contributed by atoms with Crippen LogP contribution in [0.5, 0.6) is 0 Å². The van der Waals surface area contributed by atoms with Crippen molar-refractivity contribution in [3.8, 4) is 0 Å². The molecule has 13 heavy (non-hydrogen) atoms. The number of carbonyl (C=O) groups excluding carboxylic acids is 1. The number of halogens is 1. The Labute approximate surface area is 82.1 Å². The number of hydrogen-bond donors (Lipinski definition) is 1. The van der Waals surface area contributed by atoms with Crippen molar-refractivity contribution in [2.24, 2.45) is 0 Å². The normalized spacial score (nSPS) is 9.77. The number of nitrogens with one attached hydrogen (secondary N) is 1. The Morgan fingerprint density at radius 2 is 2.31 bits per heavy atom. The molecule has 0 fully saturated rings. The van der Waals surface area contributed by atoms with E-state index in [4.69, 9.17) is 11.6 Å². The molecule has 3 nitrogen and oxygen atoms in total. The molecule has 1 amide bonds. The Kier molecular flexibility index (Phi) is 3.25. The molecule has 1 heterocycles. The molecule has 0 atom stereocenters. The molecule has 0 spiro atoms. The fourth-order valence-corrected chi connectivity index (χ4v) is 1.21. The third kappa shape index (κ3) is 2.18. The summed E-state index contributed by atoms with van der Waals surface area (Å²) in [6.45, 7) is 1.97. The van der Waals surface area contributed by atoms with E-state index >= 15 is 0 Å². The number of pyridine rings is 1. The maximum atomic E-state index is 11.3. The minimum absolute atomic E-state index is 0.195. The van der Waals surface area contributed by atoms with Crippen LogP contribution in [0.1, 0.15) is 23.0 Å². The SMILES string of the molecule is CCc1ccc(Cl)nc1C(=O)NC. The van der Waals surface area contributed by atoms with Crippen LogP contribution in [0.15, 0.2) is 12.1 Å². The largest absolute Gasteiger partial charge is 0.354 e. The third-order valence-corrected chi connectivity index (χ3v) is 1.98. The molecule has 0 radical (unpaired) electrons. The van der Waals surface area contributed by atoms with E-state index in [2.05, 4.69) is 10.3 Å². The van der Waals surface area contributed by atoms with Crippen molar-refractivity contribution in [1.82, 2.24) is 10.3 Å². The summed E-state index contributed by atoms with van der Waals surface area (Å²) >= 11 is 5.68. The van der Waals surface area contributed by atoms with Gasteiger partial charge >= 0.3 is 0 Å². The Balaban J connectivity index is 3.15. The van der Waals surface area contributed by atoms with Crippen LogP contribution in [-0.2, 0) is 6.42 Å². The second kappa shape index (κ2) is 4.23. The Bertz CT molecular complexity index is 325. The summed E-state index contributed by atoms with van der Waals surface area (Å²) in [5.41, 5.74) is 1.32. The summed E-state index contributed by atoms with van der Waals surface area (Å²) in [6, 6.07) is 3.51. The fourth-order valence-electron chi connectivity index (χ4n) is 1.06. The molecule has 0 bridgehead atoms. The van der Waals surface area contributed by atoms with Crippen LogP contribution in [0.25, 0.3) is 0 Å². The van der Waals surface area contributed by atoms with Crippen molar-refractivity contribution in [2.45, 2.75) is 13.3 Å².